The summed E-state index contributed by atoms with van der Waals surface area (Å²) in [6, 6.07) is 0. The normalized spacial score (nSPS) is 40.8. The summed E-state index contributed by atoms with van der Waals surface area (Å²) < 4.78 is 0. The number of hydrogen-bond donors (Lipinski definition) is 1. The van der Waals surface area contributed by atoms with Crippen LogP contribution in [-0.4, -0.2) is 13.1 Å². The van der Waals surface area contributed by atoms with E-state index in [2.05, 4.69) is 5.32 Å². The van der Waals surface area contributed by atoms with E-state index in [4.69, 9.17) is 0 Å². The van der Waals surface area contributed by atoms with Crippen molar-refractivity contribution < 1.29 is 0 Å². The molecule has 0 aromatic rings. The second-order valence-corrected chi connectivity index (χ2v) is 3.81. The minimum Gasteiger partial charge on any atom is -0.316 e. The van der Waals surface area contributed by atoms with Crippen molar-refractivity contribution in [2.24, 2.45) is 11.8 Å². The number of nitrogens with one attached hydrogen (secondary N) is 1. The zero-order chi connectivity index (χ0) is 6.81. The molecule has 2 atom stereocenters. The topological polar surface area (TPSA) is 12.0 Å². The lowest BCUT2D eigenvalue weighted by molar-refractivity contribution is 0.604. The van der Waals surface area contributed by atoms with Crippen molar-refractivity contribution in [2.75, 3.05) is 13.1 Å². The first-order valence-electron chi connectivity index (χ1n) is 4.67. The van der Waals surface area contributed by atoms with Crippen LogP contribution in [0.4, 0.5) is 0 Å². The molecule has 2 unspecified atom stereocenters. The highest BCUT2D eigenvalue weighted by molar-refractivity contribution is 4.88. The van der Waals surface area contributed by atoms with E-state index in [-0.39, 0.29) is 0 Å². The molecule has 0 aromatic heterocycles. The van der Waals surface area contributed by atoms with Crippen LogP contribution in [0.25, 0.3) is 0 Å². The second kappa shape index (κ2) is 2.91. The Kier molecular flexibility index (Phi) is 1.94. The van der Waals surface area contributed by atoms with Crippen LogP contribution in [0.15, 0.2) is 0 Å². The Labute approximate surface area is 63.2 Å². The van der Waals surface area contributed by atoms with Crippen LogP contribution in [0.2, 0.25) is 0 Å². The molecule has 58 valence electrons. The molecule has 1 saturated heterocycles. The minimum absolute atomic E-state index is 1.07. The fourth-order valence-corrected chi connectivity index (χ4v) is 2.03. The molecule has 0 spiro atoms. The third kappa shape index (κ3) is 1.51. The smallest absolute Gasteiger partial charge is 0.00178 e. The summed E-state index contributed by atoms with van der Waals surface area (Å²) >= 11 is 0. The van der Waals surface area contributed by atoms with Gasteiger partial charge in [-0.1, -0.05) is 19.3 Å². The number of fused-ring (bicyclic) bond motifs is 1. The summed E-state index contributed by atoms with van der Waals surface area (Å²) in [5.41, 5.74) is 0. The van der Waals surface area contributed by atoms with Crippen molar-refractivity contribution in [3.8, 4) is 0 Å². The van der Waals surface area contributed by atoms with Crippen LogP contribution in [0.1, 0.15) is 32.1 Å². The van der Waals surface area contributed by atoms with Gasteiger partial charge in [-0.15, -0.1) is 0 Å². The average Bonchev–Trinajstić information content (AvgIpc) is 2.66. The highest BCUT2D eigenvalue weighted by atomic mass is 14.9. The maximum absolute atomic E-state index is 3.52. The lowest BCUT2D eigenvalue weighted by atomic mass is 10.1. The van der Waals surface area contributed by atoms with Crippen LogP contribution in [0, 0.1) is 11.8 Å². The van der Waals surface area contributed by atoms with Crippen molar-refractivity contribution >= 4 is 0 Å². The van der Waals surface area contributed by atoms with Crippen LogP contribution >= 0.6 is 0 Å². The molecule has 1 heterocycles. The van der Waals surface area contributed by atoms with Crippen molar-refractivity contribution in [1.29, 1.82) is 0 Å². The zero-order valence-electron chi connectivity index (χ0n) is 6.60. The van der Waals surface area contributed by atoms with Gasteiger partial charge < -0.3 is 5.32 Å². The first-order chi connectivity index (χ1) is 4.97. The molecule has 0 amide bonds. The fraction of sp³-hybridized carbons (Fsp3) is 1.00. The molecule has 10 heavy (non-hydrogen) atoms. The van der Waals surface area contributed by atoms with Crippen molar-refractivity contribution in [1.82, 2.24) is 5.32 Å². The SMILES string of the molecule is C1CCNCC2CC2CC1. The van der Waals surface area contributed by atoms with Gasteiger partial charge in [-0.05, 0) is 37.8 Å². The van der Waals surface area contributed by atoms with Gasteiger partial charge in [0, 0.05) is 0 Å². The molecule has 0 aromatic carbocycles. The predicted molar refractivity (Wildman–Crippen MR) is 42.9 cm³/mol. The molecule has 1 saturated carbocycles. The Balaban J connectivity index is 1.77. The molecule has 1 aliphatic carbocycles. The quantitative estimate of drug-likeness (QED) is 0.539. The van der Waals surface area contributed by atoms with Gasteiger partial charge in [0.1, 0.15) is 0 Å². The van der Waals surface area contributed by atoms with Gasteiger partial charge in [-0.2, -0.15) is 0 Å². The minimum atomic E-state index is 1.07. The van der Waals surface area contributed by atoms with Crippen LogP contribution in [0.3, 0.4) is 0 Å². The lowest BCUT2D eigenvalue weighted by Crippen LogP contribution is -2.17. The van der Waals surface area contributed by atoms with E-state index in [1.54, 1.807) is 0 Å². The van der Waals surface area contributed by atoms with Crippen molar-refractivity contribution in [3.63, 3.8) is 0 Å². The van der Waals surface area contributed by atoms with Gasteiger partial charge in [0.15, 0.2) is 0 Å². The lowest BCUT2D eigenvalue weighted by Gasteiger charge is -1.99. The summed E-state index contributed by atoms with van der Waals surface area (Å²) in [5, 5.41) is 3.52. The number of rotatable bonds is 0. The predicted octanol–water partition coefficient (Wildman–Crippen LogP) is 1.79. The molecule has 1 N–H and O–H groups in total. The Morgan fingerprint density at radius 2 is 2.00 bits per heavy atom. The first-order valence-corrected chi connectivity index (χ1v) is 4.67. The largest absolute Gasteiger partial charge is 0.316 e. The highest BCUT2D eigenvalue weighted by Gasteiger charge is 2.35. The van der Waals surface area contributed by atoms with Crippen LogP contribution in [-0.2, 0) is 0 Å². The molecule has 2 rings (SSSR count). The maximum Gasteiger partial charge on any atom is -0.00178 e. The molecule has 2 aliphatic rings. The van der Waals surface area contributed by atoms with E-state index in [9.17, 15) is 0 Å². The third-order valence-electron chi connectivity index (χ3n) is 2.90. The molecule has 1 nitrogen and oxygen atoms in total. The van der Waals surface area contributed by atoms with Crippen LogP contribution < -0.4 is 5.32 Å². The Bertz CT molecular complexity index is 99.3. The summed E-state index contributed by atoms with van der Waals surface area (Å²) in [7, 11) is 0. The first kappa shape index (κ1) is 6.66. The molecule has 0 radical (unpaired) electrons. The maximum atomic E-state index is 3.52. The van der Waals surface area contributed by atoms with E-state index in [1.807, 2.05) is 0 Å². The van der Waals surface area contributed by atoms with E-state index in [0.29, 0.717) is 0 Å². The molecule has 2 fully saturated rings. The average molecular weight is 139 g/mol. The Hall–Kier alpha value is -0.0400. The van der Waals surface area contributed by atoms with Gasteiger partial charge >= 0.3 is 0 Å². The van der Waals surface area contributed by atoms with Crippen molar-refractivity contribution in [2.45, 2.75) is 32.1 Å². The van der Waals surface area contributed by atoms with E-state index in [0.717, 1.165) is 11.8 Å². The highest BCUT2D eigenvalue weighted by Crippen LogP contribution is 2.42. The van der Waals surface area contributed by atoms with Crippen LogP contribution in [0.5, 0.6) is 0 Å². The molecular formula is C9H17N. The fourth-order valence-electron chi connectivity index (χ4n) is 2.03. The zero-order valence-corrected chi connectivity index (χ0v) is 6.60. The standard InChI is InChI=1S/C9H17N/c1-2-4-8-6-9(8)7-10-5-3-1/h8-10H,1-7H2. The van der Waals surface area contributed by atoms with Gasteiger partial charge in [0.25, 0.3) is 0 Å². The second-order valence-electron chi connectivity index (χ2n) is 3.81. The van der Waals surface area contributed by atoms with Gasteiger partial charge in [-0.3, -0.25) is 0 Å². The molecule has 0 bridgehead atoms. The Morgan fingerprint density at radius 3 is 3.00 bits per heavy atom. The van der Waals surface area contributed by atoms with E-state index < -0.39 is 0 Å². The summed E-state index contributed by atoms with van der Waals surface area (Å²) in [6.45, 7) is 2.58. The molecular weight excluding hydrogens is 122 g/mol. The number of hydrogen-bond acceptors (Lipinski definition) is 1. The summed E-state index contributed by atoms with van der Waals surface area (Å²) in [6.07, 6.45) is 7.39. The molecule has 1 heteroatoms. The third-order valence-corrected chi connectivity index (χ3v) is 2.90. The van der Waals surface area contributed by atoms with Gasteiger partial charge in [0.05, 0.1) is 0 Å². The van der Waals surface area contributed by atoms with E-state index in [1.165, 1.54) is 45.2 Å². The van der Waals surface area contributed by atoms with Gasteiger partial charge in [-0.25, -0.2) is 0 Å². The van der Waals surface area contributed by atoms with Crippen molar-refractivity contribution in [3.05, 3.63) is 0 Å². The molecule has 1 aliphatic heterocycles. The Morgan fingerprint density at radius 1 is 1.00 bits per heavy atom. The van der Waals surface area contributed by atoms with E-state index >= 15 is 0 Å². The van der Waals surface area contributed by atoms with Gasteiger partial charge in [0.2, 0.25) is 0 Å². The summed E-state index contributed by atoms with van der Waals surface area (Å²) in [5.74, 6) is 2.18. The summed E-state index contributed by atoms with van der Waals surface area (Å²) in [4.78, 5) is 0. The monoisotopic (exact) mass is 139 g/mol.